The first-order chi connectivity index (χ1) is 12.4. The molecule has 0 spiro atoms. The Morgan fingerprint density at radius 2 is 1.58 bits per heavy atom. The maximum atomic E-state index is 5.76. The molecule has 0 saturated carbocycles. The summed E-state index contributed by atoms with van der Waals surface area (Å²) in [5, 5.41) is 0. The van der Waals surface area contributed by atoms with E-state index in [4.69, 9.17) is 9.47 Å². The molecule has 0 aliphatic carbocycles. The summed E-state index contributed by atoms with van der Waals surface area (Å²) in [5.74, 6) is 0.897. The quantitative estimate of drug-likeness (QED) is 0.380. The Kier molecular flexibility index (Phi) is 8.13. The van der Waals surface area contributed by atoms with E-state index >= 15 is 0 Å². The van der Waals surface area contributed by atoms with Crippen molar-refractivity contribution >= 4 is 9.24 Å². The van der Waals surface area contributed by atoms with Crippen molar-refractivity contribution in [3.8, 4) is 5.75 Å². The van der Waals surface area contributed by atoms with E-state index in [1.165, 1.54) is 29.5 Å². The Balaban J connectivity index is 1.69. The Labute approximate surface area is 161 Å². The fourth-order valence-electron chi connectivity index (χ4n) is 2.80. The molecule has 2 unspecified atom stereocenters. The van der Waals surface area contributed by atoms with Gasteiger partial charge in [-0.15, -0.1) is 9.24 Å². The average Bonchev–Trinajstić information content (AvgIpc) is 2.62. The molecule has 0 N–H and O–H groups in total. The molecule has 0 radical (unpaired) electrons. The molecule has 0 heterocycles. The highest BCUT2D eigenvalue weighted by atomic mass is 31.0. The van der Waals surface area contributed by atoms with Crippen molar-refractivity contribution in [2.24, 2.45) is 0 Å². The topological polar surface area (TPSA) is 18.5 Å². The summed E-state index contributed by atoms with van der Waals surface area (Å²) in [5.41, 5.74) is 4.62. The van der Waals surface area contributed by atoms with Crippen molar-refractivity contribution in [1.29, 1.82) is 0 Å². The van der Waals surface area contributed by atoms with Gasteiger partial charge in [0, 0.05) is 0 Å². The molecule has 0 fully saturated rings. The van der Waals surface area contributed by atoms with Gasteiger partial charge in [0.05, 0.1) is 13.2 Å². The zero-order valence-corrected chi connectivity index (χ0v) is 17.8. The largest absolute Gasteiger partial charge is 0.491 e. The third-order valence-corrected chi connectivity index (χ3v) is 5.21. The molecule has 0 aliphatic heterocycles. The number of ether oxygens (including phenoxy) is 2. The lowest BCUT2D eigenvalue weighted by molar-refractivity contribution is 0.0889. The lowest BCUT2D eigenvalue weighted by atomic mass is 9.87. The van der Waals surface area contributed by atoms with Crippen LogP contribution in [0.4, 0.5) is 0 Å². The molecule has 0 aromatic heterocycles. The Hall–Kier alpha value is -1.37. The zero-order valence-electron chi connectivity index (χ0n) is 16.6. The van der Waals surface area contributed by atoms with Crippen molar-refractivity contribution < 1.29 is 9.47 Å². The van der Waals surface area contributed by atoms with E-state index < -0.39 is 0 Å². The molecule has 2 nitrogen and oxygen atoms in total. The predicted molar refractivity (Wildman–Crippen MR) is 114 cm³/mol. The number of hydrogen-bond donors (Lipinski definition) is 0. The molecule has 0 bridgehead atoms. The van der Waals surface area contributed by atoms with Gasteiger partial charge in [0.15, 0.2) is 0 Å². The summed E-state index contributed by atoms with van der Waals surface area (Å²) < 4.78 is 11.5. The average molecular weight is 372 g/mol. The SMILES string of the molecule is CCCC(P)c1ccc(COCCOc2ccc(C(C)(C)C)cc2)cc1. The molecule has 2 aromatic rings. The summed E-state index contributed by atoms with van der Waals surface area (Å²) in [6, 6.07) is 17.1. The molecule has 0 aliphatic rings. The molecule has 142 valence electrons. The maximum Gasteiger partial charge on any atom is 0.119 e. The van der Waals surface area contributed by atoms with Crippen molar-refractivity contribution in [1.82, 2.24) is 0 Å². The Bertz CT molecular complexity index is 641. The highest BCUT2D eigenvalue weighted by Crippen LogP contribution is 2.28. The molecule has 26 heavy (non-hydrogen) atoms. The maximum absolute atomic E-state index is 5.76. The summed E-state index contributed by atoms with van der Waals surface area (Å²) in [6.45, 7) is 10.6. The Morgan fingerprint density at radius 3 is 2.15 bits per heavy atom. The van der Waals surface area contributed by atoms with Gasteiger partial charge in [-0.25, -0.2) is 0 Å². The van der Waals surface area contributed by atoms with Crippen LogP contribution in [0.2, 0.25) is 0 Å². The van der Waals surface area contributed by atoms with Gasteiger partial charge in [-0.05, 0) is 46.3 Å². The minimum Gasteiger partial charge on any atom is -0.491 e. The molecule has 2 atom stereocenters. The van der Waals surface area contributed by atoms with Gasteiger partial charge >= 0.3 is 0 Å². The smallest absolute Gasteiger partial charge is 0.119 e. The van der Waals surface area contributed by atoms with Crippen LogP contribution >= 0.6 is 9.24 Å². The second kappa shape index (κ2) is 10.1. The van der Waals surface area contributed by atoms with Crippen LogP contribution in [0.3, 0.4) is 0 Å². The van der Waals surface area contributed by atoms with Crippen molar-refractivity contribution in [2.75, 3.05) is 13.2 Å². The van der Waals surface area contributed by atoms with Crippen LogP contribution in [0.5, 0.6) is 5.75 Å². The van der Waals surface area contributed by atoms with E-state index in [1.807, 2.05) is 12.1 Å². The van der Waals surface area contributed by atoms with E-state index in [0.29, 0.717) is 25.5 Å². The number of benzene rings is 2. The lowest BCUT2D eigenvalue weighted by Crippen LogP contribution is -2.11. The summed E-state index contributed by atoms with van der Waals surface area (Å²) in [7, 11) is 2.93. The van der Waals surface area contributed by atoms with Gasteiger partial charge in [0.2, 0.25) is 0 Å². The van der Waals surface area contributed by atoms with Crippen molar-refractivity contribution in [2.45, 2.75) is 58.2 Å². The van der Waals surface area contributed by atoms with Gasteiger partial charge < -0.3 is 9.47 Å². The minimum atomic E-state index is 0.171. The molecule has 2 rings (SSSR count). The molecule has 2 aromatic carbocycles. The van der Waals surface area contributed by atoms with Crippen LogP contribution in [0.15, 0.2) is 48.5 Å². The third kappa shape index (κ3) is 6.74. The van der Waals surface area contributed by atoms with Gasteiger partial charge in [0.25, 0.3) is 0 Å². The molecule has 0 saturated heterocycles. The second-order valence-corrected chi connectivity index (χ2v) is 8.62. The molecular weight excluding hydrogens is 339 g/mol. The van der Waals surface area contributed by atoms with E-state index in [9.17, 15) is 0 Å². The summed E-state index contributed by atoms with van der Waals surface area (Å²) in [4.78, 5) is 0. The lowest BCUT2D eigenvalue weighted by Gasteiger charge is -2.19. The second-order valence-electron chi connectivity index (χ2n) is 7.81. The van der Waals surface area contributed by atoms with Crippen LogP contribution in [0.1, 0.15) is 62.9 Å². The first-order valence-electron chi connectivity index (χ1n) is 9.55. The highest BCUT2D eigenvalue weighted by Gasteiger charge is 2.12. The zero-order chi connectivity index (χ0) is 19.0. The standard InChI is InChI=1S/C23H33O2P/c1-5-6-22(26)19-9-7-18(8-10-19)17-24-15-16-25-21-13-11-20(12-14-21)23(2,3)4/h7-14,22H,5-6,15-17,26H2,1-4H3. The van der Waals surface area contributed by atoms with Crippen molar-refractivity contribution in [3.05, 3.63) is 65.2 Å². The van der Waals surface area contributed by atoms with Gasteiger partial charge in [-0.3, -0.25) is 0 Å². The Morgan fingerprint density at radius 1 is 0.923 bits per heavy atom. The molecule has 0 amide bonds. The fraction of sp³-hybridized carbons (Fsp3) is 0.478. The molecule has 3 heteroatoms. The van der Waals surface area contributed by atoms with Gasteiger partial charge in [0.1, 0.15) is 12.4 Å². The molecular formula is C23H33O2P. The number of hydrogen-bond acceptors (Lipinski definition) is 2. The fourth-order valence-corrected chi connectivity index (χ4v) is 3.35. The summed E-state index contributed by atoms with van der Waals surface area (Å²) in [6.07, 6.45) is 2.41. The van der Waals surface area contributed by atoms with E-state index in [2.05, 4.69) is 73.3 Å². The van der Waals surface area contributed by atoms with E-state index in [1.54, 1.807) is 0 Å². The summed E-state index contributed by atoms with van der Waals surface area (Å²) >= 11 is 0. The monoisotopic (exact) mass is 372 g/mol. The van der Waals surface area contributed by atoms with Crippen LogP contribution in [0, 0.1) is 0 Å². The highest BCUT2D eigenvalue weighted by molar-refractivity contribution is 7.17. The first kappa shape index (κ1) is 20.9. The third-order valence-electron chi connectivity index (χ3n) is 4.49. The van der Waals surface area contributed by atoms with Crippen LogP contribution in [0.25, 0.3) is 0 Å². The van der Waals surface area contributed by atoms with E-state index in [0.717, 1.165) is 5.75 Å². The number of rotatable bonds is 9. The van der Waals surface area contributed by atoms with Crippen molar-refractivity contribution in [3.63, 3.8) is 0 Å². The minimum absolute atomic E-state index is 0.171. The van der Waals surface area contributed by atoms with Crippen LogP contribution in [-0.4, -0.2) is 13.2 Å². The van der Waals surface area contributed by atoms with Gasteiger partial charge in [-0.1, -0.05) is 70.5 Å². The normalized spacial score (nSPS) is 12.8. The first-order valence-corrected chi connectivity index (χ1v) is 10.2. The van der Waals surface area contributed by atoms with E-state index in [-0.39, 0.29) is 5.41 Å². The van der Waals surface area contributed by atoms with Crippen LogP contribution < -0.4 is 4.74 Å². The van der Waals surface area contributed by atoms with Gasteiger partial charge in [-0.2, -0.15) is 0 Å². The van der Waals surface area contributed by atoms with Crippen LogP contribution in [-0.2, 0) is 16.8 Å². The predicted octanol–water partition coefficient (Wildman–Crippen LogP) is 6.30.